The Morgan fingerprint density at radius 3 is 2.61 bits per heavy atom. The first-order valence-electron chi connectivity index (χ1n) is 7.65. The maximum atomic E-state index is 14.6. The van der Waals surface area contributed by atoms with Crippen LogP contribution in [0, 0.1) is 13.8 Å². The summed E-state index contributed by atoms with van der Waals surface area (Å²) in [6.45, 7) is 5.79. The van der Waals surface area contributed by atoms with Crippen LogP contribution in [0.15, 0.2) is 30.6 Å². The van der Waals surface area contributed by atoms with Gasteiger partial charge in [-0.15, -0.1) is 0 Å². The lowest BCUT2D eigenvalue weighted by atomic mass is 9.97. The minimum Gasteiger partial charge on any atom is -0.374 e. The Bertz CT molecular complexity index is 726. The van der Waals surface area contributed by atoms with Gasteiger partial charge in [0.15, 0.2) is 0 Å². The number of nitrogens with zero attached hydrogens (tertiary/aromatic N) is 2. The average Bonchev–Trinajstić information content (AvgIpc) is 3.05. The fraction of sp³-hybridized carbons (Fsp3) is 0.412. The van der Waals surface area contributed by atoms with Crippen LogP contribution in [0.25, 0.3) is 5.69 Å². The molecule has 1 aromatic heterocycles. The number of benzene rings is 1. The zero-order chi connectivity index (χ0) is 16.6. The summed E-state index contributed by atoms with van der Waals surface area (Å²) in [6, 6.07) is 7.24. The third-order valence-electron chi connectivity index (χ3n) is 4.51. The second-order valence-corrected chi connectivity index (χ2v) is 5.91. The maximum Gasteiger partial charge on any atom is 0.264 e. The highest BCUT2D eigenvalue weighted by Crippen LogP contribution is 2.31. The Morgan fingerprint density at radius 1 is 1.39 bits per heavy atom. The molecule has 23 heavy (non-hydrogen) atoms. The van der Waals surface area contributed by atoms with Gasteiger partial charge in [0.05, 0.1) is 24.7 Å². The Morgan fingerprint density at radius 2 is 2.09 bits per heavy atom. The molecule has 0 aliphatic carbocycles. The van der Waals surface area contributed by atoms with E-state index in [4.69, 9.17) is 4.74 Å². The first kappa shape index (κ1) is 15.7. The van der Waals surface area contributed by atoms with E-state index < -0.39 is 17.7 Å². The van der Waals surface area contributed by atoms with Crippen molar-refractivity contribution in [1.82, 2.24) is 9.55 Å². The summed E-state index contributed by atoms with van der Waals surface area (Å²) in [7, 11) is 0. The third-order valence-corrected chi connectivity index (χ3v) is 4.51. The lowest BCUT2D eigenvalue weighted by Crippen LogP contribution is -2.44. The van der Waals surface area contributed by atoms with E-state index in [1.165, 1.54) is 0 Å². The van der Waals surface area contributed by atoms with Crippen molar-refractivity contribution in [3.8, 4) is 5.69 Å². The minimum absolute atomic E-state index is 0.0889. The second kappa shape index (κ2) is 5.77. The second-order valence-electron chi connectivity index (χ2n) is 5.91. The van der Waals surface area contributed by atoms with Gasteiger partial charge in [0, 0.05) is 23.5 Å². The van der Waals surface area contributed by atoms with Crippen molar-refractivity contribution in [1.29, 1.82) is 0 Å². The lowest BCUT2D eigenvalue weighted by Gasteiger charge is -2.22. The van der Waals surface area contributed by atoms with E-state index in [2.05, 4.69) is 10.3 Å². The van der Waals surface area contributed by atoms with Gasteiger partial charge in [0.2, 0.25) is 5.67 Å². The Hall–Kier alpha value is -2.21. The van der Waals surface area contributed by atoms with Crippen molar-refractivity contribution in [3.63, 3.8) is 0 Å². The smallest absolute Gasteiger partial charge is 0.264 e. The molecule has 1 aromatic carbocycles. The van der Waals surface area contributed by atoms with Crippen molar-refractivity contribution in [2.75, 3.05) is 11.9 Å². The number of amides is 1. The molecule has 0 saturated carbocycles. The molecule has 1 saturated heterocycles. The fourth-order valence-electron chi connectivity index (χ4n) is 2.72. The summed E-state index contributed by atoms with van der Waals surface area (Å²) in [5, 5.41) is 2.63. The van der Waals surface area contributed by atoms with Crippen LogP contribution in [-0.4, -0.2) is 33.8 Å². The van der Waals surface area contributed by atoms with Gasteiger partial charge in [-0.25, -0.2) is 9.37 Å². The lowest BCUT2D eigenvalue weighted by molar-refractivity contribution is -0.130. The van der Waals surface area contributed by atoms with Crippen LogP contribution in [0.2, 0.25) is 0 Å². The summed E-state index contributed by atoms with van der Waals surface area (Å²) in [6.07, 6.45) is 1.12. The molecule has 2 heterocycles. The van der Waals surface area contributed by atoms with Crippen LogP contribution < -0.4 is 5.32 Å². The number of aromatic nitrogens is 2. The molecule has 1 N–H and O–H groups in total. The van der Waals surface area contributed by atoms with Crippen LogP contribution in [0.3, 0.4) is 0 Å². The number of rotatable bonds is 3. The normalized spacial score (nSPS) is 23.9. The van der Waals surface area contributed by atoms with E-state index in [9.17, 15) is 9.18 Å². The fourth-order valence-corrected chi connectivity index (χ4v) is 2.72. The molecule has 3 rings (SSSR count). The number of ether oxygens (including phenoxy) is 1. The van der Waals surface area contributed by atoms with Gasteiger partial charge in [0.1, 0.15) is 0 Å². The topological polar surface area (TPSA) is 56.2 Å². The van der Waals surface area contributed by atoms with Gasteiger partial charge in [0.25, 0.3) is 5.91 Å². The monoisotopic (exact) mass is 317 g/mol. The molecule has 122 valence electrons. The number of carbonyl (C=O) groups excluding carboxylic acids is 1. The van der Waals surface area contributed by atoms with Gasteiger partial charge in [-0.05, 0) is 45.0 Å². The van der Waals surface area contributed by atoms with Gasteiger partial charge in [-0.3, -0.25) is 4.79 Å². The average molecular weight is 317 g/mol. The van der Waals surface area contributed by atoms with Crippen LogP contribution in [0.5, 0.6) is 0 Å². The van der Waals surface area contributed by atoms with E-state index in [0.717, 1.165) is 17.1 Å². The molecule has 0 spiro atoms. The highest BCUT2D eigenvalue weighted by molar-refractivity contribution is 5.98. The van der Waals surface area contributed by atoms with Crippen LogP contribution in [0.4, 0.5) is 10.1 Å². The van der Waals surface area contributed by atoms with Gasteiger partial charge < -0.3 is 14.6 Å². The van der Waals surface area contributed by atoms with Crippen molar-refractivity contribution >= 4 is 11.6 Å². The molecular weight excluding hydrogens is 297 g/mol. The number of anilines is 1. The number of nitrogens with one attached hydrogen (secondary N) is 1. The molecule has 0 radical (unpaired) electrons. The summed E-state index contributed by atoms with van der Waals surface area (Å²) in [5.74, 6) is -0.648. The van der Waals surface area contributed by atoms with Gasteiger partial charge in [-0.1, -0.05) is 0 Å². The number of carbonyl (C=O) groups is 1. The number of aryl methyl sites for hydroxylation is 1. The Labute approximate surface area is 134 Å². The number of imidazole rings is 1. The van der Waals surface area contributed by atoms with Crippen molar-refractivity contribution in [2.24, 2.45) is 0 Å². The SMILES string of the molecule is Cc1ncn(-c2ccc(NC(=O)C3(F)CCOC3C)cc2)c1C. The molecule has 1 fully saturated rings. The van der Waals surface area contributed by atoms with Crippen LogP contribution in [-0.2, 0) is 9.53 Å². The molecular formula is C17H20FN3O2. The molecule has 6 heteroatoms. The highest BCUT2D eigenvalue weighted by atomic mass is 19.1. The van der Waals surface area contributed by atoms with Gasteiger partial charge in [-0.2, -0.15) is 0 Å². The zero-order valence-corrected chi connectivity index (χ0v) is 13.5. The number of hydrogen-bond donors (Lipinski definition) is 1. The molecule has 1 amide bonds. The Balaban J connectivity index is 1.75. The highest BCUT2D eigenvalue weighted by Gasteiger charge is 2.48. The Kier molecular flexibility index (Phi) is 3.93. The van der Waals surface area contributed by atoms with Crippen LogP contribution in [0.1, 0.15) is 24.7 Å². The third kappa shape index (κ3) is 2.74. The zero-order valence-electron chi connectivity index (χ0n) is 13.5. The molecule has 1 aliphatic rings. The number of hydrogen-bond acceptors (Lipinski definition) is 3. The first-order chi connectivity index (χ1) is 10.9. The van der Waals surface area contributed by atoms with Crippen LogP contribution >= 0.6 is 0 Å². The summed E-state index contributed by atoms with van der Waals surface area (Å²) < 4.78 is 21.8. The van der Waals surface area contributed by atoms with Gasteiger partial charge >= 0.3 is 0 Å². The first-order valence-corrected chi connectivity index (χ1v) is 7.65. The molecule has 5 nitrogen and oxygen atoms in total. The van der Waals surface area contributed by atoms with E-state index in [1.807, 2.05) is 30.5 Å². The standard InChI is InChI=1S/C17H20FN3O2/c1-11-12(2)21(10-19-11)15-6-4-14(5-7-15)20-16(22)17(18)8-9-23-13(17)3/h4-7,10,13H,8-9H2,1-3H3,(H,20,22). The van der Waals surface area contributed by atoms with E-state index in [0.29, 0.717) is 5.69 Å². The molecule has 0 bridgehead atoms. The minimum atomic E-state index is -1.96. The van der Waals surface area contributed by atoms with Crippen molar-refractivity contribution < 1.29 is 13.9 Å². The summed E-state index contributed by atoms with van der Waals surface area (Å²) >= 11 is 0. The molecule has 2 atom stereocenters. The van der Waals surface area contributed by atoms with Crippen molar-refractivity contribution in [2.45, 2.75) is 39.0 Å². The van der Waals surface area contributed by atoms with E-state index in [1.54, 1.807) is 25.4 Å². The molecule has 2 aromatic rings. The predicted molar refractivity (Wildman–Crippen MR) is 85.5 cm³/mol. The summed E-state index contributed by atoms with van der Waals surface area (Å²) in [4.78, 5) is 16.4. The van der Waals surface area contributed by atoms with E-state index >= 15 is 0 Å². The quantitative estimate of drug-likeness (QED) is 0.947. The molecule has 2 unspecified atom stereocenters. The molecule has 1 aliphatic heterocycles. The maximum absolute atomic E-state index is 14.6. The van der Waals surface area contributed by atoms with E-state index in [-0.39, 0.29) is 13.0 Å². The van der Waals surface area contributed by atoms with Crippen molar-refractivity contribution in [3.05, 3.63) is 42.0 Å². The number of halogens is 1. The largest absolute Gasteiger partial charge is 0.374 e. The summed E-state index contributed by atoms with van der Waals surface area (Å²) in [5.41, 5.74) is 1.56. The predicted octanol–water partition coefficient (Wildman–Crippen LogP) is 2.94. The number of alkyl halides is 1.